The molecule has 1 fully saturated rings. The molecule has 0 spiro atoms. The highest BCUT2D eigenvalue weighted by Crippen LogP contribution is 2.31. The second kappa shape index (κ2) is 10.6. The van der Waals surface area contributed by atoms with Crippen LogP contribution in [0.2, 0.25) is 0 Å². The van der Waals surface area contributed by atoms with Gasteiger partial charge >= 0.3 is 6.01 Å². The Labute approximate surface area is 220 Å². The van der Waals surface area contributed by atoms with Gasteiger partial charge in [-0.2, -0.15) is 10.2 Å². The number of hydrogen-bond donors (Lipinski definition) is 2. The summed E-state index contributed by atoms with van der Waals surface area (Å²) in [6.07, 6.45) is 5.26. The van der Waals surface area contributed by atoms with Gasteiger partial charge in [0.25, 0.3) is 5.91 Å². The van der Waals surface area contributed by atoms with Crippen molar-refractivity contribution in [3.8, 4) is 12.1 Å². The Bertz CT molecular complexity index is 1530. The normalized spacial score (nSPS) is 17.5. The fourth-order valence-electron chi connectivity index (χ4n) is 4.93. The van der Waals surface area contributed by atoms with Gasteiger partial charge in [0.1, 0.15) is 12.7 Å². The summed E-state index contributed by atoms with van der Waals surface area (Å²) in [6.45, 7) is 8.47. The number of anilines is 2. The van der Waals surface area contributed by atoms with Crippen LogP contribution >= 0.6 is 0 Å². The molecule has 0 radical (unpaired) electrons. The van der Waals surface area contributed by atoms with Crippen molar-refractivity contribution in [3.63, 3.8) is 0 Å². The van der Waals surface area contributed by atoms with E-state index in [1.165, 1.54) is 0 Å². The number of piperazine rings is 1. The number of benzene rings is 1. The first kappa shape index (κ1) is 25.4. The van der Waals surface area contributed by atoms with E-state index in [-0.39, 0.29) is 18.5 Å². The number of aromatic nitrogens is 4. The zero-order valence-electron chi connectivity index (χ0n) is 21.9. The van der Waals surface area contributed by atoms with Crippen LogP contribution in [0.3, 0.4) is 0 Å². The van der Waals surface area contributed by atoms with Gasteiger partial charge in [0.2, 0.25) is 0 Å². The Morgan fingerprint density at radius 3 is 2.74 bits per heavy atom. The van der Waals surface area contributed by atoms with E-state index in [0.717, 1.165) is 29.9 Å². The maximum absolute atomic E-state index is 13.6. The summed E-state index contributed by atoms with van der Waals surface area (Å²) in [5.41, 5.74) is 3.99. The van der Waals surface area contributed by atoms with Crippen LogP contribution in [0.5, 0.6) is 6.01 Å². The predicted molar refractivity (Wildman–Crippen MR) is 144 cm³/mol. The van der Waals surface area contributed by atoms with Crippen LogP contribution in [-0.2, 0) is 4.74 Å². The monoisotopic (exact) mass is 514 g/mol. The minimum absolute atomic E-state index is 0.171. The molecule has 0 unspecified atom stereocenters. The number of hydrogen-bond acceptors (Lipinski definition) is 9. The number of pyridine rings is 1. The number of carbonyl (C=O) groups is 1. The van der Waals surface area contributed by atoms with Crippen LogP contribution in [0.1, 0.15) is 35.5 Å². The number of nitrogens with one attached hydrogen (secondary N) is 2. The zero-order valence-corrected chi connectivity index (χ0v) is 21.9. The van der Waals surface area contributed by atoms with Crippen LogP contribution in [0.4, 0.5) is 11.4 Å². The molecule has 1 saturated heterocycles. The molecule has 0 saturated carbocycles. The standard InChI is InChI=1S/C27H30N8O3/c1-16-12-34(13-17(2)30-16)23-6-5-21(24-22(23)11-29-27(33-24)38-8-7-37-4)26(36)32-20-9-19(10-28)25-31-18(3)14-35(25)15-20/h5-6,9,11,14-17,30H,7-8,12-13H2,1-4H3,(H,32,36)/t16-,17-/m0/s1. The number of methoxy groups -OCH3 is 1. The molecule has 4 aromatic rings. The first-order chi connectivity index (χ1) is 18.4. The fraction of sp³-hybridized carbons (Fsp3) is 0.370. The van der Waals surface area contributed by atoms with Crippen LogP contribution in [-0.4, -0.2) is 70.8 Å². The molecular weight excluding hydrogens is 484 g/mol. The fourth-order valence-corrected chi connectivity index (χ4v) is 4.93. The van der Waals surface area contributed by atoms with Crippen LogP contribution in [0, 0.1) is 18.3 Å². The summed E-state index contributed by atoms with van der Waals surface area (Å²) in [4.78, 5) is 29.3. The number of nitrogens with zero attached hydrogens (tertiary/aromatic N) is 6. The average molecular weight is 515 g/mol. The Morgan fingerprint density at radius 2 is 2.00 bits per heavy atom. The molecule has 196 valence electrons. The lowest BCUT2D eigenvalue weighted by Gasteiger charge is -2.38. The molecule has 11 nitrogen and oxygen atoms in total. The third kappa shape index (κ3) is 5.09. The number of carbonyl (C=O) groups excluding carboxylic acids is 1. The summed E-state index contributed by atoms with van der Waals surface area (Å²) >= 11 is 0. The third-order valence-corrected chi connectivity index (χ3v) is 6.42. The number of amides is 1. The van der Waals surface area contributed by atoms with Gasteiger partial charge in [-0.3, -0.25) is 4.79 Å². The highest BCUT2D eigenvalue weighted by Gasteiger charge is 2.25. The van der Waals surface area contributed by atoms with E-state index in [9.17, 15) is 10.1 Å². The summed E-state index contributed by atoms with van der Waals surface area (Å²) < 4.78 is 12.5. The van der Waals surface area contributed by atoms with Crippen molar-refractivity contribution in [2.24, 2.45) is 0 Å². The van der Waals surface area contributed by atoms with Gasteiger partial charge in [0, 0.05) is 61.9 Å². The summed E-state index contributed by atoms with van der Waals surface area (Å²) in [5, 5.41) is 16.8. The zero-order chi connectivity index (χ0) is 26.8. The first-order valence-electron chi connectivity index (χ1n) is 12.5. The molecule has 2 N–H and O–H groups in total. The Morgan fingerprint density at radius 1 is 1.21 bits per heavy atom. The molecular formula is C27H30N8O3. The minimum Gasteiger partial charge on any atom is -0.461 e. The van der Waals surface area contributed by atoms with E-state index in [4.69, 9.17) is 9.47 Å². The van der Waals surface area contributed by atoms with Crippen molar-refractivity contribution in [1.29, 1.82) is 5.26 Å². The van der Waals surface area contributed by atoms with E-state index in [1.807, 2.05) is 19.2 Å². The summed E-state index contributed by atoms with van der Waals surface area (Å²) in [5.74, 6) is -0.356. The highest BCUT2D eigenvalue weighted by atomic mass is 16.5. The smallest absolute Gasteiger partial charge is 0.317 e. The molecule has 11 heteroatoms. The molecule has 0 bridgehead atoms. The van der Waals surface area contributed by atoms with Crippen molar-refractivity contribution >= 4 is 33.8 Å². The molecule has 3 aromatic heterocycles. The second-order valence-electron chi connectivity index (χ2n) is 9.58. The molecule has 2 atom stereocenters. The van der Waals surface area contributed by atoms with Crippen molar-refractivity contribution in [2.45, 2.75) is 32.9 Å². The van der Waals surface area contributed by atoms with Crippen molar-refractivity contribution in [2.75, 3.05) is 43.6 Å². The van der Waals surface area contributed by atoms with E-state index < -0.39 is 0 Å². The maximum Gasteiger partial charge on any atom is 0.317 e. The van der Waals surface area contributed by atoms with Crippen LogP contribution in [0.25, 0.3) is 16.6 Å². The quantitative estimate of drug-likeness (QED) is 0.358. The van der Waals surface area contributed by atoms with E-state index in [1.54, 1.807) is 36.0 Å². The third-order valence-electron chi connectivity index (χ3n) is 6.42. The van der Waals surface area contributed by atoms with Gasteiger partial charge in [0.05, 0.1) is 34.6 Å². The topological polar surface area (TPSA) is 130 Å². The van der Waals surface area contributed by atoms with Gasteiger partial charge in [-0.1, -0.05) is 0 Å². The summed E-state index contributed by atoms with van der Waals surface area (Å²) in [7, 11) is 1.59. The molecule has 1 aromatic carbocycles. The van der Waals surface area contributed by atoms with Gasteiger partial charge < -0.3 is 29.4 Å². The van der Waals surface area contributed by atoms with Crippen molar-refractivity contribution in [3.05, 3.63) is 53.6 Å². The molecule has 1 aliphatic heterocycles. The number of ether oxygens (including phenoxy) is 2. The highest BCUT2D eigenvalue weighted by molar-refractivity contribution is 6.14. The molecule has 5 rings (SSSR count). The lowest BCUT2D eigenvalue weighted by molar-refractivity contribution is 0.102. The molecule has 0 aliphatic carbocycles. The SMILES string of the molecule is COCCOc1ncc2c(N3C[C@H](C)N[C@@H](C)C3)ccc(C(=O)Nc3cc(C#N)c4nc(C)cn4c3)c2n1. The Balaban J connectivity index is 1.54. The largest absolute Gasteiger partial charge is 0.461 e. The first-order valence-corrected chi connectivity index (χ1v) is 12.5. The second-order valence-corrected chi connectivity index (χ2v) is 9.58. The lowest BCUT2D eigenvalue weighted by Crippen LogP contribution is -2.54. The number of fused-ring (bicyclic) bond motifs is 2. The van der Waals surface area contributed by atoms with E-state index in [2.05, 4.69) is 50.4 Å². The van der Waals surface area contributed by atoms with Gasteiger partial charge in [-0.05, 0) is 39.0 Å². The molecule has 4 heterocycles. The number of rotatable bonds is 7. The van der Waals surface area contributed by atoms with Crippen molar-refractivity contribution in [1.82, 2.24) is 24.7 Å². The number of nitriles is 1. The predicted octanol–water partition coefficient (Wildman–Crippen LogP) is 2.92. The number of aryl methyl sites for hydroxylation is 1. The van der Waals surface area contributed by atoms with Crippen molar-refractivity contribution < 1.29 is 14.3 Å². The van der Waals surface area contributed by atoms with Gasteiger partial charge in [-0.25, -0.2) is 9.97 Å². The van der Waals surface area contributed by atoms with E-state index in [0.29, 0.717) is 46.7 Å². The molecule has 38 heavy (non-hydrogen) atoms. The molecule has 1 amide bonds. The Hall–Kier alpha value is -4.27. The van der Waals surface area contributed by atoms with Gasteiger partial charge in [0.15, 0.2) is 5.65 Å². The minimum atomic E-state index is -0.356. The van der Waals surface area contributed by atoms with E-state index >= 15 is 0 Å². The average Bonchev–Trinajstić information content (AvgIpc) is 3.27. The van der Waals surface area contributed by atoms with Crippen LogP contribution < -0.4 is 20.3 Å². The summed E-state index contributed by atoms with van der Waals surface area (Å²) in [6, 6.07) is 8.29. The Kier molecular flexibility index (Phi) is 7.09. The van der Waals surface area contributed by atoms with Crippen LogP contribution in [0.15, 0.2) is 36.8 Å². The number of imidazole rings is 1. The van der Waals surface area contributed by atoms with Gasteiger partial charge in [-0.15, -0.1) is 0 Å². The molecule has 1 aliphatic rings. The lowest BCUT2D eigenvalue weighted by atomic mass is 10.0. The maximum atomic E-state index is 13.6.